The average Bonchev–Trinajstić information content (AvgIpc) is 3.44. The zero-order chi connectivity index (χ0) is 23.0. The quantitative estimate of drug-likeness (QED) is 0.460. The molecule has 2 N–H and O–H groups in total. The number of halogens is 3. The molecule has 0 saturated heterocycles. The van der Waals surface area contributed by atoms with Crippen molar-refractivity contribution in [2.75, 3.05) is 5.32 Å². The first kappa shape index (κ1) is 20.8. The van der Waals surface area contributed by atoms with Crippen molar-refractivity contribution in [3.63, 3.8) is 0 Å². The van der Waals surface area contributed by atoms with Crippen LogP contribution in [0.4, 0.5) is 18.9 Å². The normalized spacial score (nSPS) is 17.5. The van der Waals surface area contributed by atoms with E-state index in [1.807, 2.05) is 30.3 Å². The molecule has 5 rings (SSSR count). The summed E-state index contributed by atoms with van der Waals surface area (Å²) in [5.74, 6) is 0.0352. The van der Waals surface area contributed by atoms with E-state index in [0.29, 0.717) is 11.3 Å². The van der Waals surface area contributed by atoms with Crippen LogP contribution in [-0.2, 0) is 11.0 Å². The van der Waals surface area contributed by atoms with E-state index in [-0.39, 0.29) is 34.7 Å². The molecule has 1 amide bonds. The molecule has 2 aromatic carbocycles. The van der Waals surface area contributed by atoms with Crippen LogP contribution in [-0.4, -0.2) is 31.5 Å². The molecule has 2 atom stereocenters. The lowest BCUT2D eigenvalue weighted by Gasteiger charge is -2.15. The Morgan fingerprint density at radius 1 is 1.00 bits per heavy atom. The number of benzene rings is 2. The molecule has 2 aromatic heterocycles. The van der Waals surface area contributed by atoms with Crippen molar-refractivity contribution in [1.82, 2.24) is 25.6 Å². The predicted molar refractivity (Wildman–Crippen MR) is 114 cm³/mol. The number of nitrogens with one attached hydrogen (secondary N) is 2. The molecule has 1 saturated carbocycles. The van der Waals surface area contributed by atoms with Crippen LogP contribution in [0, 0.1) is 5.92 Å². The second-order valence-corrected chi connectivity index (χ2v) is 7.76. The summed E-state index contributed by atoms with van der Waals surface area (Å²) in [4.78, 5) is 16.3. The molecule has 0 aliphatic heterocycles. The number of nitrogens with zero attached hydrogens (tertiary/aromatic N) is 4. The van der Waals surface area contributed by atoms with Crippen molar-refractivity contribution in [2.45, 2.75) is 18.5 Å². The lowest BCUT2D eigenvalue weighted by molar-refractivity contribution is -0.140. The molecule has 0 bridgehead atoms. The number of hydrogen-bond donors (Lipinski definition) is 2. The maximum absolute atomic E-state index is 13.6. The number of alkyl halides is 3. The number of aromatic nitrogens is 5. The summed E-state index contributed by atoms with van der Waals surface area (Å²) in [7, 11) is 0. The molecule has 1 aliphatic carbocycles. The first-order chi connectivity index (χ1) is 15.9. The number of rotatable bonds is 5. The van der Waals surface area contributed by atoms with Gasteiger partial charge in [-0.1, -0.05) is 42.5 Å². The zero-order valence-electron chi connectivity index (χ0n) is 17.0. The molecular weight excluding hydrogens is 433 g/mol. The molecule has 166 valence electrons. The highest BCUT2D eigenvalue weighted by atomic mass is 19.4. The topological polar surface area (TPSA) is 96.5 Å². The summed E-state index contributed by atoms with van der Waals surface area (Å²) in [5.41, 5.74) is 0.969. The third kappa shape index (κ3) is 4.19. The third-order valence-corrected chi connectivity index (χ3v) is 5.61. The highest BCUT2D eigenvalue weighted by Gasteiger charge is 2.44. The fourth-order valence-electron chi connectivity index (χ4n) is 3.96. The molecule has 0 spiro atoms. The van der Waals surface area contributed by atoms with Gasteiger partial charge >= 0.3 is 6.18 Å². The number of anilines is 1. The van der Waals surface area contributed by atoms with Crippen LogP contribution in [0.1, 0.15) is 23.6 Å². The predicted octanol–water partition coefficient (Wildman–Crippen LogP) is 4.69. The Balaban J connectivity index is 1.46. The smallest absolute Gasteiger partial charge is 0.326 e. The Morgan fingerprint density at radius 2 is 1.82 bits per heavy atom. The minimum Gasteiger partial charge on any atom is -0.326 e. The first-order valence-corrected chi connectivity index (χ1v) is 10.2. The van der Waals surface area contributed by atoms with Crippen molar-refractivity contribution in [3.8, 4) is 22.5 Å². The van der Waals surface area contributed by atoms with Crippen LogP contribution in [0.25, 0.3) is 22.5 Å². The van der Waals surface area contributed by atoms with Gasteiger partial charge in [-0.3, -0.25) is 9.78 Å². The van der Waals surface area contributed by atoms with Gasteiger partial charge in [-0.25, -0.2) is 5.10 Å². The monoisotopic (exact) mass is 450 g/mol. The summed E-state index contributed by atoms with van der Waals surface area (Å²) in [6.45, 7) is 0. The SMILES string of the molecule is O=C(Nc1ccc(-c2cccnc2C(F)(F)F)c(-c2nnn[nH]2)c1)C1CC1c1ccccc1. The van der Waals surface area contributed by atoms with Gasteiger partial charge in [0.2, 0.25) is 5.91 Å². The van der Waals surface area contributed by atoms with E-state index in [4.69, 9.17) is 0 Å². The maximum Gasteiger partial charge on any atom is 0.433 e. The number of H-pyrrole nitrogens is 1. The van der Waals surface area contributed by atoms with E-state index >= 15 is 0 Å². The van der Waals surface area contributed by atoms with Gasteiger partial charge in [0.15, 0.2) is 11.5 Å². The molecule has 7 nitrogen and oxygen atoms in total. The van der Waals surface area contributed by atoms with E-state index in [1.54, 1.807) is 12.1 Å². The highest BCUT2D eigenvalue weighted by Crippen LogP contribution is 2.48. The highest BCUT2D eigenvalue weighted by molar-refractivity contribution is 5.96. The van der Waals surface area contributed by atoms with E-state index in [9.17, 15) is 18.0 Å². The molecule has 10 heteroatoms. The number of carbonyl (C=O) groups is 1. The minimum atomic E-state index is -4.64. The summed E-state index contributed by atoms with van der Waals surface area (Å²) >= 11 is 0. The van der Waals surface area contributed by atoms with E-state index < -0.39 is 11.9 Å². The van der Waals surface area contributed by atoms with Gasteiger partial charge in [0.05, 0.1) is 0 Å². The van der Waals surface area contributed by atoms with E-state index in [1.165, 1.54) is 18.2 Å². The van der Waals surface area contributed by atoms with Gasteiger partial charge in [-0.05, 0) is 52.1 Å². The van der Waals surface area contributed by atoms with Crippen LogP contribution in [0.3, 0.4) is 0 Å². The van der Waals surface area contributed by atoms with Crippen LogP contribution >= 0.6 is 0 Å². The van der Waals surface area contributed by atoms with Gasteiger partial charge in [-0.2, -0.15) is 13.2 Å². The van der Waals surface area contributed by atoms with Crippen molar-refractivity contribution in [3.05, 3.63) is 78.1 Å². The number of amides is 1. The molecule has 33 heavy (non-hydrogen) atoms. The molecule has 0 radical (unpaired) electrons. The van der Waals surface area contributed by atoms with Gasteiger partial charge in [-0.15, -0.1) is 5.10 Å². The molecule has 1 aliphatic rings. The Hall–Kier alpha value is -4.08. The Morgan fingerprint density at radius 3 is 2.55 bits per heavy atom. The molecule has 2 heterocycles. The first-order valence-electron chi connectivity index (χ1n) is 10.2. The largest absolute Gasteiger partial charge is 0.433 e. The number of hydrogen-bond acceptors (Lipinski definition) is 5. The minimum absolute atomic E-state index is 0.111. The van der Waals surface area contributed by atoms with Crippen molar-refractivity contribution in [2.24, 2.45) is 5.92 Å². The van der Waals surface area contributed by atoms with Crippen LogP contribution < -0.4 is 5.32 Å². The average molecular weight is 450 g/mol. The summed E-state index contributed by atoms with van der Waals surface area (Å²) in [6.07, 6.45) is -2.80. The third-order valence-electron chi connectivity index (χ3n) is 5.61. The lowest BCUT2D eigenvalue weighted by atomic mass is 9.97. The standard InChI is InChI=1S/C23H17F3N6O/c24-23(25,26)20-16(7-4-10-27-20)15-9-8-14(11-18(15)21-29-31-32-30-21)28-22(33)19-12-17(19)13-5-2-1-3-6-13/h1-11,17,19H,12H2,(H,28,33)(H,29,30,31,32). The van der Waals surface area contributed by atoms with Crippen molar-refractivity contribution in [1.29, 1.82) is 0 Å². The lowest BCUT2D eigenvalue weighted by Crippen LogP contribution is -2.15. The summed E-state index contributed by atoms with van der Waals surface area (Å²) in [5, 5.41) is 16.4. The molecule has 2 unspecified atom stereocenters. The summed E-state index contributed by atoms with van der Waals surface area (Å²) < 4.78 is 40.7. The Kier molecular flexibility index (Phi) is 5.12. The van der Waals surface area contributed by atoms with Crippen molar-refractivity contribution >= 4 is 11.6 Å². The second kappa shape index (κ2) is 8.12. The number of tetrazole rings is 1. The van der Waals surface area contributed by atoms with Gasteiger partial charge in [0.1, 0.15) is 0 Å². The van der Waals surface area contributed by atoms with Crippen LogP contribution in [0.15, 0.2) is 66.9 Å². The van der Waals surface area contributed by atoms with Crippen molar-refractivity contribution < 1.29 is 18.0 Å². The maximum atomic E-state index is 13.6. The Labute approximate surface area is 186 Å². The van der Waals surface area contributed by atoms with Gasteiger partial charge in [0, 0.05) is 28.9 Å². The Bertz CT molecular complexity index is 1290. The number of aromatic amines is 1. The second-order valence-electron chi connectivity index (χ2n) is 7.76. The summed E-state index contributed by atoms with van der Waals surface area (Å²) in [6, 6.07) is 17.2. The molecule has 1 fully saturated rings. The zero-order valence-corrected chi connectivity index (χ0v) is 17.0. The van der Waals surface area contributed by atoms with E-state index in [0.717, 1.165) is 18.2 Å². The fraction of sp³-hybridized carbons (Fsp3) is 0.174. The van der Waals surface area contributed by atoms with Gasteiger partial charge in [0.25, 0.3) is 0 Å². The molecular formula is C23H17F3N6O. The number of pyridine rings is 1. The fourth-order valence-corrected chi connectivity index (χ4v) is 3.96. The van der Waals surface area contributed by atoms with Gasteiger partial charge < -0.3 is 5.32 Å². The number of carbonyl (C=O) groups excluding carboxylic acids is 1. The van der Waals surface area contributed by atoms with Crippen LogP contribution in [0.5, 0.6) is 0 Å². The van der Waals surface area contributed by atoms with E-state index in [2.05, 4.69) is 30.9 Å². The van der Waals surface area contributed by atoms with Crippen LogP contribution in [0.2, 0.25) is 0 Å². The molecule has 4 aromatic rings.